The summed E-state index contributed by atoms with van der Waals surface area (Å²) in [6.45, 7) is 6.42. The fraction of sp³-hybridized carbons (Fsp3) is 0.368. The molecule has 0 unspecified atom stereocenters. The van der Waals surface area contributed by atoms with E-state index >= 15 is 0 Å². The highest BCUT2D eigenvalue weighted by molar-refractivity contribution is 7.89. The van der Waals surface area contributed by atoms with Crippen LogP contribution >= 0.6 is 22.7 Å². The first-order valence-corrected chi connectivity index (χ1v) is 12.3. The summed E-state index contributed by atoms with van der Waals surface area (Å²) in [6.07, 6.45) is 0.475. The van der Waals surface area contributed by atoms with Crippen molar-refractivity contribution in [2.45, 2.75) is 32.1 Å². The Kier molecular flexibility index (Phi) is 6.57. The minimum atomic E-state index is -3.54. The fourth-order valence-corrected chi connectivity index (χ4v) is 6.27. The van der Waals surface area contributed by atoms with Crippen molar-refractivity contribution < 1.29 is 13.2 Å². The van der Waals surface area contributed by atoms with Gasteiger partial charge in [0.15, 0.2) is 5.13 Å². The van der Waals surface area contributed by atoms with Crippen LogP contribution < -0.4 is 10.5 Å². The van der Waals surface area contributed by atoms with Crippen LogP contribution in [0.25, 0.3) is 10.6 Å². The molecule has 10 heteroatoms. The molecule has 0 bridgehead atoms. The molecule has 2 N–H and O–H groups in total. The Morgan fingerprint density at radius 3 is 2.52 bits per heavy atom. The summed E-state index contributed by atoms with van der Waals surface area (Å²) in [6, 6.07) is 4.98. The van der Waals surface area contributed by atoms with Gasteiger partial charge in [-0.05, 0) is 25.1 Å². The number of nitrogens with zero attached hydrogens (tertiary/aromatic N) is 3. The van der Waals surface area contributed by atoms with Gasteiger partial charge in [-0.2, -0.15) is 4.31 Å². The van der Waals surface area contributed by atoms with E-state index in [9.17, 15) is 8.42 Å². The number of rotatable bonds is 8. The van der Waals surface area contributed by atoms with E-state index in [0.717, 1.165) is 26.8 Å². The van der Waals surface area contributed by atoms with Crippen molar-refractivity contribution in [1.82, 2.24) is 14.3 Å². The van der Waals surface area contributed by atoms with Gasteiger partial charge in [-0.15, -0.1) is 11.3 Å². The molecule has 0 aliphatic rings. The van der Waals surface area contributed by atoms with Crippen molar-refractivity contribution in [1.29, 1.82) is 0 Å². The molecule has 7 nitrogen and oxygen atoms in total. The van der Waals surface area contributed by atoms with Crippen molar-refractivity contribution in [2.24, 2.45) is 0 Å². The average Bonchev–Trinajstić information content (AvgIpc) is 3.28. The molecule has 3 aromatic rings. The Balaban J connectivity index is 1.94. The maximum absolute atomic E-state index is 12.9. The van der Waals surface area contributed by atoms with Crippen LogP contribution in [0.15, 0.2) is 28.5 Å². The number of ether oxygens (including phenoxy) is 1. The molecule has 2 heterocycles. The van der Waals surface area contributed by atoms with Gasteiger partial charge in [-0.3, -0.25) is 0 Å². The number of aromatic nitrogens is 2. The van der Waals surface area contributed by atoms with E-state index in [4.69, 9.17) is 15.5 Å². The van der Waals surface area contributed by atoms with Crippen LogP contribution in [0.5, 0.6) is 5.75 Å². The third-order valence-corrected chi connectivity index (χ3v) is 8.44. The van der Waals surface area contributed by atoms with E-state index in [-0.39, 0.29) is 4.90 Å². The van der Waals surface area contributed by atoms with Crippen LogP contribution in [-0.4, -0.2) is 42.9 Å². The topological polar surface area (TPSA) is 98.4 Å². The molecule has 0 fully saturated rings. The van der Waals surface area contributed by atoms with E-state index in [1.165, 1.54) is 27.0 Å². The average molecular weight is 453 g/mol. The van der Waals surface area contributed by atoms with Gasteiger partial charge in [0.1, 0.15) is 5.75 Å². The SMILES string of the molecule is CCN(CC)S(=O)(=O)c1ccc(OC)c(Cc2nc(-c3sc(N)nc3C)cs2)c1. The molecule has 0 aliphatic carbocycles. The molecule has 2 aromatic heterocycles. The first-order chi connectivity index (χ1) is 13.8. The number of anilines is 1. The first kappa shape index (κ1) is 21.7. The molecule has 0 saturated carbocycles. The molecule has 0 radical (unpaired) electrons. The zero-order valence-electron chi connectivity index (χ0n) is 16.8. The normalized spacial score (nSPS) is 11.9. The number of benzene rings is 1. The molecule has 29 heavy (non-hydrogen) atoms. The van der Waals surface area contributed by atoms with Crippen molar-refractivity contribution in [3.63, 3.8) is 0 Å². The number of hydrogen-bond acceptors (Lipinski definition) is 8. The quantitative estimate of drug-likeness (QED) is 0.558. The van der Waals surface area contributed by atoms with Gasteiger partial charge in [0.25, 0.3) is 0 Å². The van der Waals surface area contributed by atoms with E-state index in [1.807, 2.05) is 26.2 Å². The van der Waals surface area contributed by atoms with Gasteiger partial charge >= 0.3 is 0 Å². The van der Waals surface area contributed by atoms with Crippen molar-refractivity contribution in [3.8, 4) is 16.3 Å². The molecular weight excluding hydrogens is 428 g/mol. The number of nitrogen functional groups attached to an aromatic ring is 1. The third kappa shape index (κ3) is 4.45. The van der Waals surface area contributed by atoms with Crippen LogP contribution in [0.4, 0.5) is 5.13 Å². The van der Waals surface area contributed by atoms with E-state index in [1.54, 1.807) is 25.3 Å². The van der Waals surface area contributed by atoms with E-state index < -0.39 is 10.0 Å². The van der Waals surface area contributed by atoms with Crippen LogP contribution in [0.1, 0.15) is 30.1 Å². The summed E-state index contributed by atoms with van der Waals surface area (Å²) < 4.78 is 32.7. The monoisotopic (exact) mass is 452 g/mol. The summed E-state index contributed by atoms with van der Waals surface area (Å²) in [5.41, 5.74) is 8.27. The maximum atomic E-state index is 12.9. The van der Waals surface area contributed by atoms with Crippen molar-refractivity contribution in [2.75, 3.05) is 25.9 Å². The standard InChI is InChI=1S/C19H24N4O3S3/c1-5-23(6-2)29(24,25)14-7-8-16(26-4)13(9-14)10-17-22-15(11-27-17)18-12(3)21-19(20)28-18/h7-9,11H,5-6,10H2,1-4H3,(H2,20,21). The lowest BCUT2D eigenvalue weighted by molar-refractivity contribution is 0.409. The number of sulfonamides is 1. The number of hydrogen-bond donors (Lipinski definition) is 1. The fourth-order valence-electron chi connectivity index (χ4n) is 3.08. The zero-order valence-corrected chi connectivity index (χ0v) is 19.2. The molecule has 3 rings (SSSR count). The van der Waals surface area contributed by atoms with E-state index in [0.29, 0.717) is 30.4 Å². The highest BCUT2D eigenvalue weighted by atomic mass is 32.2. The lowest BCUT2D eigenvalue weighted by Gasteiger charge is -2.19. The maximum Gasteiger partial charge on any atom is 0.243 e. The zero-order chi connectivity index (χ0) is 21.2. The molecule has 0 atom stereocenters. The van der Waals surface area contributed by atoms with Crippen LogP contribution in [-0.2, 0) is 16.4 Å². The number of methoxy groups -OCH3 is 1. The van der Waals surface area contributed by atoms with Crippen molar-refractivity contribution >= 4 is 37.8 Å². The van der Waals surface area contributed by atoms with Gasteiger partial charge in [0, 0.05) is 30.5 Å². The number of nitrogens with two attached hydrogens (primary N) is 1. The van der Waals surface area contributed by atoms with Crippen LogP contribution in [0.2, 0.25) is 0 Å². The third-order valence-electron chi connectivity index (χ3n) is 4.53. The molecule has 156 valence electrons. The molecule has 0 amide bonds. The van der Waals surface area contributed by atoms with Gasteiger partial charge in [0.2, 0.25) is 10.0 Å². The lowest BCUT2D eigenvalue weighted by atomic mass is 10.1. The highest BCUT2D eigenvalue weighted by Crippen LogP contribution is 2.33. The Bertz CT molecular complexity index is 1100. The molecule has 1 aromatic carbocycles. The lowest BCUT2D eigenvalue weighted by Crippen LogP contribution is -2.30. The molecule has 0 spiro atoms. The summed E-state index contributed by atoms with van der Waals surface area (Å²) in [4.78, 5) is 10.2. The largest absolute Gasteiger partial charge is 0.496 e. The Morgan fingerprint density at radius 2 is 1.93 bits per heavy atom. The smallest absolute Gasteiger partial charge is 0.243 e. The minimum Gasteiger partial charge on any atom is -0.496 e. The van der Waals surface area contributed by atoms with Gasteiger partial charge in [-0.25, -0.2) is 18.4 Å². The second-order valence-electron chi connectivity index (χ2n) is 6.33. The second-order valence-corrected chi connectivity index (χ2v) is 10.2. The Hall–Kier alpha value is -2.01. The second kappa shape index (κ2) is 8.78. The Labute approximate surface area is 179 Å². The van der Waals surface area contributed by atoms with E-state index in [2.05, 4.69) is 4.98 Å². The van der Waals surface area contributed by atoms with Gasteiger partial charge < -0.3 is 10.5 Å². The molecular formula is C19H24N4O3S3. The van der Waals surface area contributed by atoms with Gasteiger partial charge in [0.05, 0.1) is 33.3 Å². The predicted molar refractivity (Wildman–Crippen MR) is 118 cm³/mol. The summed E-state index contributed by atoms with van der Waals surface area (Å²) in [7, 11) is -1.96. The van der Waals surface area contributed by atoms with Gasteiger partial charge in [-0.1, -0.05) is 25.2 Å². The number of aryl methyl sites for hydroxylation is 1. The highest BCUT2D eigenvalue weighted by Gasteiger charge is 2.23. The first-order valence-electron chi connectivity index (χ1n) is 9.14. The van der Waals surface area contributed by atoms with Crippen molar-refractivity contribution in [3.05, 3.63) is 39.8 Å². The number of thiazole rings is 2. The van der Waals surface area contributed by atoms with Crippen LogP contribution in [0.3, 0.4) is 0 Å². The molecule has 0 saturated heterocycles. The Morgan fingerprint density at radius 1 is 1.21 bits per heavy atom. The molecule has 0 aliphatic heterocycles. The predicted octanol–water partition coefficient (Wildman–Crippen LogP) is 3.79. The summed E-state index contributed by atoms with van der Waals surface area (Å²) >= 11 is 2.93. The minimum absolute atomic E-state index is 0.264. The summed E-state index contributed by atoms with van der Waals surface area (Å²) in [5.74, 6) is 0.637. The summed E-state index contributed by atoms with van der Waals surface area (Å²) in [5, 5.41) is 3.35. The van der Waals surface area contributed by atoms with Crippen LogP contribution in [0, 0.1) is 6.92 Å².